The predicted molar refractivity (Wildman–Crippen MR) is 260 cm³/mol. The number of fused-ring (bicyclic) bond motifs is 5. The van der Waals surface area contributed by atoms with Gasteiger partial charge in [0.1, 0.15) is 0 Å². The van der Waals surface area contributed by atoms with Gasteiger partial charge in [-0.2, -0.15) is 0 Å². The molecule has 9 aromatic rings. The maximum atomic E-state index is 6.13. The molecule has 0 bridgehead atoms. The van der Waals surface area contributed by atoms with E-state index in [-0.39, 0.29) is 0 Å². The highest BCUT2D eigenvalue weighted by Gasteiger charge is 2.21. The molecule has 7 aromatic carbocycles. The zero-order chi connectivity index (χ0) is 41.0. The number of hydrogen-bond donors (Lipinski definition) is 0. The molecule has 2 atom stereocenters. The Balaban J connectivity index is 0.912. The highest BCUT2D eigenvalue weighted by atomic mass is 32.1. The number of rotatable bonds is 7. The van der Waals surface area contributed by atoms with Gasteiger partial charge in [-0.15, -0.1) is 21.5 Å². The largest absolute Gasteiger partial charge is 0.416 e. The summed E-state index contributed by atoms with van der Waals surface area (Å²) < 4.78 is 8.69. The zero-order valence-corrected chi connectivity index (χ0v) is 34.7. The molecule has 0 saturated carbocycles. The van der Waals surface area contributed by atoms with E-state index in [1.807, 2.05) is 41.7 Å². The van der Waals surface area contributed by atoms with Gasteiger partial charge >= 0.3 is 0 Å². The molecule has 0 N–H and O–H groups in total. The second-order valence-electron chi connectivity index (χ2n) is 16.5. The molecule has 0 radical (unpaired) electrons. The second-order valence-corrected chi connectivity index (χ2v) is 17.6. The van der Waals surface area contributed by atoms with Crippen molar-refractivity contribution in [2.24, 2.45) is 11.8 Å². The van der Waals surface area contributed by atoms with Gasteiger partial charge in [0.15, 0.2) is 0 Å². The Kier molecular flexibility index (Phi) is 8.97. The summed E-state index contributed by atoms with van der Waals surface area (Å²) in [5, 5.41) is 13.8. The fourth-order valence-corrected chi connectivity index (χ4v) is 10.5. The van der Waals surface area contributed by atoms with Crippen LogP contribution in [0.4, 0.5) is 0 Å². The third kappa shape index (κ3) is 6.70. The molecule has 2 heterocycles. The van der Waals surface area contributed by atoms with Crippen LogP contribution < -0.4 is 0 Å². The van der Waals surface area contributed by atoms with Crippen LogP contribution in [0.25, 0.3) is 92.8 Å². The predicted octanol–water partition coefficient (Wildman–Crippen LogP) is 15.9. The fourth-order valence-electron chi connectivity index (χ4n) is 9.32. The monoisotopic (exact) mass is 812 g/mol. The fraction of sp³-hybridized carbons (Fsp3) is 0.0690. The van der Waals surface area contributed by atoms with Crippen LogP contribution in [0.2, 0.25) is 0 Å². The van der Waals surface area contributed by atoms with E-state index in [0.29, 0.717) is 23.6 Å². The van der Waals surface area contributed by atoms with Crippen molar-refractivity contribution in [1.29, 1.82) is 0 Å². The van der Waals surface area contributed by atoms with Crippen LogP contribution in [0.5, 0.6) is 0 Å². The van der Waals surface area contributed by atoms with Gasteiger partial charge in [0.2, 0.25) is 11.8 Å². The number of hydrogen-bond acceptors (Lipinski definition) is 4. The quantitative estimate of drug-likeness (QED) is 0.161. The topological polar surface area (TPSA) is 38.9 Å². The van der Waals surface area contributed by atoms with Crippen molar-refractivity contribution in [3.63, 3.8) is 0 Å². The van der Waals surface area contributed by atoms with E-state index in [0.717, 1.165) is 29.5 Å². The molecule has 3 nitrogen and oxygen atoms in total. The number of nitrogens with zero attached hydrogens (tertiary/aromatic N) is 2. The molecule has 2 aromatic heterocycles. The van der Waals surface area contributed by atoms with Gasteiger partial charge in [0.25, 0.3) is 0 Å². The highest BCUT2D eigenvalue weighted by molar-refractivity contribution is 7.26. The minimum atomic E-state index is 0.409. The lowest BCUT2D eigenvalue weighted by Crippen LogP contribution is -2.10. The van der Waals surface area contributed by atoms with E-state index in [4.69, 9.17) is 4.42 Å². The second kappa shape index (κ2) is 15.3. The van der Waals surface area contributed by atoms with E-state index in [9.17, 15) is 0 Å². The first-order valence-electron chi connectivity index (χ1n) is 21.4. The Hall–Kier alpha value is -7.40. The Bertz CT molecular complexity index is 3390. The molecule has 3 aliphatic rings. The van der Waals surface area contributed by atoms with Crippen LogP contribution in [-0.4, -0.2) is 10.2 Å². The molecule has 12 rings (SSSR count). The standard InChI is InChI=1S/C58H40N2OS/c1-2-10-44(11-3-1)57-59-60-58(61-57)45-26-24-43(25-27-45)52-35-51(42-20-18-40(19-21-42)49-29-23-38-9-5-7-13-47(38)33-49)36-54-53-34-50(30-31-55(53)62-56(52)54)41-16-14-39(15-17-41)48-28-22-37-8-4-6-12-46(37)32-48/h1-14,16-21,23-37,39H,15,22H2. The summed E-state index contributed by atoms with van der Waals surface area (Å²) in [5.41, 5.74) is 14.4. The number of thiophene rings is 1. The van der Waals surface area contributed by atoms with E-state index in [1.165, 1.54) is 81.0 Å². The number of allylic oxidation sites excluding steroid dienone is 12. The molecule has 62 heavy (non-hydrogen) atoms. The molecule has 0 aliphatic heterocycles. The van der Waals surface area contributed by atoms with Gasteiger partial charge in [-0.05, 0) is 128 Å². The van der Waals surface area contributed by atoms with Crippen molar-refractivity contribution in [3.8, 4) is 56.3 Å². The van der Waals surface area contributed by atoms with Crippen LogP contribution in [0.1, 0.15) is 18.4 Å². The number of aromatic nitrogens is 2. The average molecular weight is 813 g/mol. The highest BCUT2D eigenvalue weighted by Crippen LogP contribution is 2.45. The van der Waals surface area contributed by atoms with Gasteiger partial charge in [-0.3, -0.25) is 0 Å². The minimum Gasteiger partial charge on any atom is -0.416 e. The molecular formula is C58H40N2OS. The van der Waals surface area contributed by atoms with Crippen LogP contribution in [0.15, 0.2) is 222 Å². The third-order valence-corrected chi connectivity index (χ3v) is 14.0. The molecule has 294 valence electrons. The molecule has 0 amide bonds. The molecular weight excluding hydrogens is 773 g/mol. The van der Waals surface area contributed by atoms with Crippen molar-refractivity contribution in [2.45, 2.75) is 12.8 Å². The summed E-state index contributed by atoms with van der Waals surface area (Å²) in [5.74, 6) is 1.95. The Morgan fingerprint density at radius 3 is 1.94 bits per heavy atom. The number of benzene rings is 7. The first-order chi connectivity index (χ1) is 30.7. The van der Waals surface area contributed by atoms with Crippen LogP contribution in [0, 0.1) is 11.8 Å². The summed E-state index contributed by atoms with van der Waals surface area (Å²) in [7, 11) is 0. The van der Waals surface area contributed by atoms with Gasteiger partial charge in [0.05, 0.1) is 0 Å². The maximum absolute atomic E-state index is 6.13. The van der Waals surface area contributed by atoms with E-state index in [1.54, 1.807) is 0 Å². The molecule has 0 spiro atoms. The van der Waals surface area contributed by atoms with Crippen LogP contribution in [0.3, 0.4) is 0 Å². The minimum absolute atomic E-state index is 0.409. The first kappa shape index (κ1) is 36.5. The van der Waals surface area contributed by atoms with E-state index in [2.05, 4.69) is 186 Å². The van der Waals surface area contributed by atoms with Crippen LogP contribution in [-0.2, 0) is 0 Å². The first-order valence-corrected chi connectivity index (χ1v) is 22.2. The van der Waals surface area contributed by atoms with Crippen molar-refractivity contribution >= 4 is 47.9 Å². The Morgan fingerprint density at radius 2 is 1.13 bits per heavy atom. The lowest BCUT2D eigenvalue weighted by atomic mass is 9.80. The van der Waals surface area contributed by atoms with Gasteiger partial charge < -0.3 is 4.42 Å². The molecule has 0 fully saturated rings. The van der Waals surface area contributed by atoms with Crippen molar-refractivity contribution in [1.82, 2.24) is 10.2 Å². The smallest absolute Gasteiger partial charge is 0.248 e. The SMILES string of the molecule is C1=CC2=CC(C3C=CC(c4ccc5sc6c(-c7ccc(-c8nnc(-c9ccccc9)o8)cc7)cc(-c7ccc(-c8ccc9ccccc9c8)cc7)cc6c5c4)=CC3)=CCC2C=C1. The molecule has 0 saturated heterocycles. The third-order valence-electron chi connectivity index (χ3n) is 12.7. The van der Waals surface area contributed by atoms with E-state index >= 15 is 0 Å². The summed E-state index contributed by atoms with van der Waals surface area (Å²) in [6.07, 6.45) is 23.1. The average Bonchev–Trinajstić information content (AvgIpc) is 4.00. The normalized spacial score (nSPS) is 17.0. The van der Waals surface area contributed by atoms with E-state index < -0.39 is 0 Å². The van der Waals surface area contributed by atoms with Gasteiger partial charge in [-0.25, -0.2) is 0 Å². The summed E-state index contributed by atoms with van der Waals surface area (Å²) in [6, 6.07) is 54.6. The van der Waals surface area contributed by atoms with Crippen molar-refractivity contribution < 1.29 is 4.42 Å². The Labute approximate surface area is 364 Å². The Morgan fingerprint density at radius 1 is 0.468 bits per heavy atom. The van der Waals surface area contributed by atoms with Gasteiger partial charge in [0, 0.05) is 48.7 Å². The summed E-state index contributed by atoms with van der Waals surface area (Å²) >= 11 is 1.87. The lowest BCUT2D eigenvalue weighted by Gasteiger charge is -2.25. The van der Waals surface area contributed by atoms with Crippen molar-refractivity contribution in [3.05, 3.63) is 223 Å². The zero-order valence-electron chi connectivity index (χ0n) is 33.9. The molecule has 4 heteroatoms. The lowest BCUT2D eigenvalue weighted by molar-refractivity contribution is 0.584. The molecule has 3 aliphatic carbocycles. The summed E-state index contributed by atoms with van der Waals surface area (Å²) in [4.78, 5) is 0. The van der Waals surface area contributed by atoms with Crippen molar-refractivity contribution in [2.75, 3.05) is 0 Å². The van der Waals surface area contributed by atoms with Crippen LogP contribution >= 0.6 is 11.3 Å². The summed E-state index contributed by atoms with van der Waals surface area (Å²) in [6.45, 7) is 0. The molecule has 2 unspecified atom stereocenters. The maximum Gasteiger partial charge on any atom is 0.248 e. The van der Waals surface area contributed by atoms with Gasteiger partial charge in [-0.1, -0.05) is 152 Å².